The van der Waals surface area contributed by atoms with Crippen molar-refractivity contribution in [3.63, 3.8) is 0 Å². The Bertz CT molecular complexity index is 924. The standard InChI is InChI=1S/C22H23F3N2O3/c23-22(24,25)17-7-3-1-5-15(17)18(28)13-27-11-9-21(10-12-27)14-26-20(29)16-6-2-4-8-19(16)30-21/h1-8,18,28H,9-14H2,(H,26,29). The number of likely N-dealkylation sites (tertiary alicyclic amines) is 1. The number of fused-ring (bicyclic) bond motifs is 1. The summed E-state index contributed by atoms with van der Waals surface area (Å²) in [5.74, 6) is 0.365. The summed E-state index contributed by atoms with van der Waals surface area (Å²) in [7, 11) is 0. The molecule has 1 unspecified atom stereocenters. The van der Waals surface area contributed by atoms with Gasteiger partial charge >= 0.3 is 6.18 Å². The molecule has 1 fully saturated rings. The van der Waals surface area contributed by atoms with Gasteiger partial charge in [0.2, 0.25) is 0 Å². The highest BCUT2D eigenvalue weighted by atomic mass is 19.4. The van der Waals surface area contributed by atoms with Gasteiger partial charge in [0.15, 0.2) is 0 Å². The van der Waals surface area contributed by atoms with Crippen LogP contribution in [0.5, 0.6) is 5.75 Å². The van der Waals surface area contributed by atoms with Gasteiger partial charge in [-0.15, -0.1) is 0 Å². The Morgan fingerprint density at radius 3 is 2.50 bits per heavy atom. The molecule has 4 rings (SSSR count). The predicted molar refractivity (Wildman–Crippen MR) is 104 cm³/mol. The Balaban J connectivity index is 1.43. The lowest BCUT2D eigenvalue weighted by atomic mass is 9.90. The molecular formula is C22H23F3N2O3. The third-order valence-corrected chi connectivity index (χ3v) is 5.85. The Kier molecular flexibility index (Phi) is 5.46. The first kappa shape index (κ1) is 20.7. The van der Waals surface area contributed by atoms with Crippen molar-refractivity contribution >= 4 is 5.91 Å². The number of rotatable bonds is 3. The molecular weight excluding hydrogens is 397 g/mol. The van der Waals surface area contributed by atoms with E-state index in [1.54, 1.807) is 18.2 Å². The number of ether oxygens (including phenoxy) is 1. The highest BCUT2D eigenvalue weighted by molar-refractivity contribution is 5.97. The van der Waals surface area contributed by atoms with Crippen LogP contribution in [-0.4, -0.2) is 47.7 Å². The normalized spacial score (nSPS) is 20.1. The molecule has 30 heavy (non-hydrogen) atoms. The fourth-order valence-electron chi connectivity index (χ4n) is 4.16. The van der Waals surface area contributed by atoms with Crippen LogP contribution in [0.3, 0.4) is 0 Å². The Labute approximate surface area is 172 Å². The second-order valence-corrected chi connectivity index (χ2v) is 7.87. The van der Waals surface area contributed by atoms with Crippen molar-refractivity contribution in [3.05, 3.63) is 65.2 Å². The largest absolute Gasteiger partial charge is 0.485 e. The van der Waals surface area contributed by atoms with Gasteiger partial charge in [-0.3, -0.25) is 4.79 Å². The lowest BCUT2D eigenvalue weighted by Crippen LogP contribution is -2.53. The van der Waals surface area contributed by atoms with E-state index in [2.05, 4.69) is 5.32 Å². The van der Waals surface area contributed by atoms with Crippen molar-refractivity contribution in [3.8, 4) is 5.75 Å². The third-order valence-electron chi connectivity index (χ3n) is 5.85. The van der Waals surface area contributed by atoms with E-state index in [9.17, 15) is 23.1 Å². The first-order chi connectivity index (χ1) is 14.3. The molecule has 0 saturated carbocycles. The van der Waals surface area contributed by atoms with Crippen molar-refractivity contribution in [2.75, 3.05) is 26.2 Å². The van der Waals surface area contributed by atoms with Gasteiger partial charge in [0.1, 0.15) is 11.4 Å². The quantitative estimate of drug-likeness (QED) is 0.799. The van der Waals surface area contributed by atoms with Crippen LogP contribution in [-0.2, 0) is 6.18 Å². The summed E-state index contributed by atoms with van der Waals surface area (Å²) in [6.45, 7) is 1.56. The molecule has 2 heterocycles. The molecule has 160 valence electrons. The highest BCUT2D eigenvalue weighted by Crippen LogP contribution is 2.36. The lowest BCUT2D eigenvalue weighted by Gasteiger charge is -2.41. The average molecular weight is 420 g/mol. The molecule has 0 radical (unpaired) electrons. The minimum atomic E-state index is -4.51. The van der Waals surface area contributed by atoms with Gasteiger partial charge in [0, 0.05) is 32.5 Å². The Morgan fingerprint density at radius 1 is 1.10 bits per heavy atom. The van der Waals surface area contributed by atoms with Gasteiger partial charge in [0.05, 0.1) is 23.8 Å². The summed E-state index contributed by atoms with van der Waals surface area (Å²) in [5.41, 5.74) is -0.987. The van der Waals surface area contributed by atoms with Gasteiger partial charge in [-0.05, 0) is 23.8 Å². The Morgan fingerprint density at radius 2 is 1.77 bits per heavy atom. The number of nitrogens with one attached hydrogen (secondary N) is 1. The van der Waals surface area contributed by atoms with Crippen LogP contribution >= 0.6 is 0 Å². The Hall–Kier alpha value is -2.58. The van der Waals surface area contributed by atoms with Crippen LogP contribution in [0.1, 0.15) is 40.4 Å². The first-order valence-electron chi connectivity index (χ1n) is 9.90. The first-order valence-corrected chi connectivity index (χ1v) is 9.90. The summed E-state index contributed by atoms with van der Waals surface area (Å²) in [5, 5.41) is 13.4. The molecule has 1 saturated heterocycles. The molecule has 0 aliphatic carbocycles. The van der Waals surface area contributed by atoms with Gasteiger partial charge in [0.25, 0.3) is 5.91 Å². The molecule has 5 nitrogen and oxygen atoms in total. The second kappa shape index (κ2) is 7.92. The maximum absolute atomic E-state index is 13.2. The van der Waals surface area contributed by atoms with Crippen LogP contribution in [0.15, 0.2) is 48.5 Å². The highest BCUT2D eigenvalue weighted by Gasteiger charge is 2.41. The van der Waals surface area contributed by atoms with Crippen molar-refractivity contribution in [1.29, 1.82) is 0 Å². The summed E-state index contributed by atoms with van der Waals surface area (Å²) < 4.78 is 46.0. The summed E-state index contributed by atoms with van der Waals surface area (Å²) in [4.78, 5) is 14.2. The molecule has 2 aliphatic rings. The fourth-order valence-corrected chi connectivity index (χ4v) is 4.16. The van der Waals surface area contributed by atoms with E-state index in [0.717, 1.165) is 6.07 Å². The summed E-state index contributed by atoms with van der Waals surface area (Å²) in [6.07, 6.45) is -4.57. The average Bonchev–Trinajstić information content (AvgIpc) is 2.86. The van der Waals surface area contributed by atoms with Crippen LogP contribution in [0.4, 0.5) is 13.2 Å². The number of amides is 1. The van der Waals surface area contributed by atoms with E-state index in [4.69, 9.17) is 4.74 Å². The zero-order valence-electron chi connectivity index (χ0n) is 16.3. The molecule has 2 aromatic carbocycles. The number of carbonyl (C=O) groups is 1. The maximum atomic E-state index is 13.2. The van der Waals surface area contributed by atoms with Gasteiger partial charge in [-0.1, -0.05) is 30.3 Å². The number of hydrogen-bond donors (Lipinski definition) is 2. The third kappa shape index (κ3) is 4.15. The minimum Gasteiger partial charge on any atom is -0.485 e. The van der Waals surface area contributed by atoms with Crippen LogP contribution in [0.25, 0.3) is 0 Å². The molecule has 2 aliphatic heterocycles. The number of piperidine rings is 1. The molecule has 0 bridgehead atoms. The van der Waals surface area contributed by atoms with Crippen molar-refractivity contribution in [2.45, 2.75) is 30.7 Å². The number of benzene rings is 2. The number of carbonyl (C=O) groups excluding carboxylic acids is 1. The number of aliphatic hydroxyl groups is 1. The van der Waals surface area contributed by atoms with E-state index in [0.29, 0.717) is 43.8 Å². The van der Waals surface area contributed by atoms with Gasteiger partial charge in [-0.25, -0.2) is 0 Å². The minimum absolute atomic E-state index is 0.103. The molecule has 1 spiro atoms. The predicted octanol–water partition coefficient (Wildman–Crippen LogP) is 3.40. The van der Waals surface area contributed by atoms with Crippen LogP contribution in [0, 0.1) is 0 Å². The molecule has 2 N–H and O–H groups in total. The molecule has 8 heteroatoms. The molecule has 0 aromatic heterocycles. The number of para-hydroxylation sites is 1. The van der Waals surface area contributed by atoms with Gasteiger partial charge in [-0.2, -0.15) is 13.2 Å². The number of halogens is 3. The van der Waals surface area contributed by atoms with E-state index < -0.39 is 23.4 Å². The smallest absolute Gasteiger partial charge is 0.416 e. The number of nitrogens with zero attached hydrogens (tertiary/aromatic N) is 1. The SMILES string of the molecule is O=C1NCC2(CCN(CC(O)c3ccccc3C(F)(F)F)CC2)Oc2ccccc21. The molecule has 2 aromatic rings. The van der Waals surface area contributed by atoms with Crippen molar-refractivity contribution < 1.29 is 27.8 Å². The molecule has 1 atom stereocenters. The van der Waals surface area contributed by atoms with E-state index in [1.807, 2.05) is 11.0 Å². The number of β-amino-alcohol motifs (C(OH)–C–C–N with tert-alkyl or cyclic N) is 1. The summed E-state index contributed by atoms with van der Waals surface area (Å²) >= 11 is 0. The monoisotopic (exact) mass is 420 g/mol. The molecule has 1 amide bonds. The number of alkyl halides is 3. The van der Waals surface area contributed by atoms with E-state index in [-0.39, 0.29) is 18.0 Å². The summed E-state index contributed by atoms with van der Waals surface area (Å²) in [6, 6.07) is 12.2. The maximum Gasteiger partial charge on any atom is 0.416 e. The topological polar surface area (TPSA) is 61.8 Å². The fraction of sp³-hybridized carbons (Fsp3) is 0.409. The number of aliphatic hydroxyl groups excluding tert-OH is 1. The zero-order chi connectivity index (χ0) is 21.4. The van der Waals surface area contributed by atoms with Crippen molar-refractivity contribution in [1.82, 2.24) is 10.2 Å². The van der Waals surface area contributed by atoms with Crippen LogP contribution in [0.2, 0.25) is 0 Å². The van der Waals surface area contributed by atoms with E-state index >= 15 is 0 Å². The number of hydrogen-bond acceptors (Lipinski definition) is 4. The van der Waals surface area contributed by atoms with Crippen LogP contribution < -0.4 is 10.1 Å². The zero-order valence-corrected chi connectivity index (χ0v) is 16.3. The van der Waals surface area contributed by atoms with Gasteiger partial charge < -0.3 is 20.1 Å². The lowest BCUT2D eigenvalue weighted by molar-refractivity contribution is -0.139. The van der Waals surface area contributed by atoms with E-state index in [1.165, 1.54) is 18.2 Å². The van der Waals surface area contributed by atoms with Crippen molar-refractivity contribution in [2.24, 2.45) is 0 Å². The second-order valence-electron chi connectivity index (χ2n) is 7.87.